The zero-order chi connectivity index (χ0) is 16.4. The summed E-state index contributed by atoms with van der Waals surface area (Å²) in [5.74, 6) is -7.16. The third kappa shape index (κ3) is 4.13. The van der Waals surface area contributed by atoms with E-state index in [1.54, 1.807) is 0 Å². The first-order chi connectivity index (χ1) is 8.74. The van der Waals surface area contributed by atoms with Gasteiger partial charge in [0.25, 0.3) is 0 Å². The molecule has 0 aliphatic rings. The van der Waals surface area contributed by atoms with Gasteiger partial charge in [-0.15, -0.1) is 0 Å². The number of rotatable bonds is 5. The van der Waals surface area contributed by atoms with Crippen LogP contribution >= 0.6 is 0 Å². The highest BCUT2D eigenvalue weighted by molar-refractivity contribution is 5.86. The average Bonchev–Trinajstić information content (AvgIpc) is 2.24. The molecule has 0 spiro atoms. The van der Waals surface area contributed by atoms with Crippen LogP contribution in [0, 0.1) is 0 Å². The normalized spacial score (nSPS) is 15.7. The van der Waals surface area contributed by atoms with E-state index < -0.39 is 42.6 Å². The maximum Gasteiger partial charge on any atom is 0.422 e. The number of carboxylic acid groups (broad SMARTS) is 1. The first kappa shape index (κ1) is 18.2. The number of hydrogen-bond donors (Lipinski definition) is 3. The molecule has 0 aromatic rings. The van der Waals surface area contributed by atoms with Crippen LogP contribution in [0.4, 0.5) is 35.5 Å². The number of aliphatic carboxylic acids is 1. The molecule has 0 bridgehead atoms. The van der Waals surface area contributed by atoms with Crippen LogP contribution in [-0.2, 0) is 4.79 Å². The molecular formula is C8H9F7N2O3. The Bertz CT molecular complexity index is 385. The lowest BCUT2D eigenvalue weighted by molar-refractivity contribution is -0.203. The monoisotopic (exact) mass is 314 g/mol. The van der Waals surface area contributed by atoms with Gasteiger partial charge in [0.1, 0.15) is 0 Å². The van der Waals surface area contributed by atoms with Crippen molar-refractivity contribution in [3.05, 3.63) is 0 Å². The second-order valence-corrected chi connectivity index (χ2v) is 3.80. The van der Waals surface area contributed by atoms with Crippen molar-refractivity contribution in [1.82, 2.24) is 10.6 Å². The number of carbonyl (C=O) groups is 2. The molecule has 1 atom stereocenters. The summed E-state index contributed by atoms with van der Waals surface area (Å²) in [4.78, 5) is 21.4. The predicted molar refractivity (Wildman–Crippen MR) is 49.6 cm³/mol. The third-order valence-corrected chi connectivity index (χ3v) is 2.16. The highest BCUT2D eigenvalue weighted by Crippen LogP contribution is 2.30. The molecule has 118 valence electrons. The molecule has 3 N–H and O–H groups in total. The number of amides is 2. The Morgan fingerprint density at radius 1 is 1.15 bits per heavy atom. The summed E-state index contributed by atoms with van der Waals surface area (Å²) in [6, 6.07) is -1.98. The molecule has 0 radical (unpaired) electrons. The van der Waals surface area contributed by atoms with Gasteiger partial charge in [-0.1, -0.05) is 0 Å². The van der Waals surface area contributed by atoms with Gasteiger partial charge >= 0.3 is 30.5 Å². The number of carbonyl (C=O) groups excluding carboxylic acids is 1. The molecule has 2 amide bonds. The fourth-order valence-electron chi connectivity index (χ4n) is 0.792. The highest BCUT2D eigenvalue weighted by atomic mass is 19.4. The van der Waals surface area contributed by atoms with E-state index in [0.717, 1.165) is 10.6 Å². The molecule has 0 aliphatic carbocycles. The van der Waals surface area contributed by atoms with Crippen LogP contribution in [0.3, 0.4) is 0 Å². The summed E-state index contributed by atoms with van der Waals surface area (Å²) < 4.78 is 85.5. The maximum absolute atomic E-state index is 12.4. The van der Waals surface area contributed by atoms with Crippen molar-refractivity contribution in [3.63, 3.8) is 0 Å². The Kier molecular flexibility index (Phi) is 5.21. The Hall–Kier alpha value is -1.75. The summed E-state index contributed by atoms with van der Waals surface area (Å²) >= 11 is 0. The van der Waals surface area contributed by atoms with E-state index >= 15 is 0 Å². The molecule has 0 saturated heterocycles. The second-order valence-electron chi connectivity index (χ2n) is 3.80. The van der Waals surface area contributed by atoms with Crippen molar-refractivity contribution in [2.24, 2.45) is 0 Å². The standard InChI is InChI=1S/C8H9F7N2O3/c1-6(4(18)19,8(13,14)15)17-5(20)16-2-7(11,12)3(9)10/h3H,2H2,1H3,(H,18,19)(H2,16,17,20). The smallest absolute Gasteiger partial charge is 0.422 e. The van der Waals surface area contributed by atoms with Gasteiger partial charge in [0.2, 0.25) is 5.54 Å². The van der Waals surface area contributed by atoms with Gasteiger partial charge in [-0.2, -0.15) is 22.0 Å². The summed E-state index contributed by atoms with van der Waals surface area (Å²) in [7, 11) is 0. The van der Waals surface area contributed by atoms with Gasteiger partial charge in [0, 0.05) is 0 Å². The summed E-state index contributed by atoms with van der Waals surface area (Å²) in [6.07, 6.45) is -9.57. The van der Waals surface area contributed by atoms with Crippen LogP contribution in [0.5, 0.6) is 0 Å². The molecule has 1 unspecified atom stereocenters. The van der Waals surface area contributed by atoms with Crippen molar-refractivity contribution in [2.75, 3.05) is 6.54 Å². The van der Waals surface area contributed by atoms with E-state index in [-0.39, 0.29) is 6.92 Å². The second kappa shape index (κ2) is 5.71. The fraction of sp³-hybridized carbons (Fsp3) is 0.750. The summed E-state index contributed by atoms with van der Waals surface area (Å²) in [5, 5.41) is 10.3. The van der Waals surface area contributed by atoms with E-state index in [4.69, 9.17) is 5.11 Å². The quantitative estimate of drug-likeness (QED) is 0.674. The molecule has 0 heterocycles. The van der Waals surface area contributed by atoms with Crippen LogP contribution in [-0.4, -0.2) is 47.7 Å². The first-order valence-electron chi connectivity index (χ1n) is 4.76. The van der Waals surface area contributed by atoms with Gasteiger partial charge in [-0.3, -0.25) is 0 Å². The molecule has 5 nitrogen and oxygen atoms in total. The van der Waals surface area contributed by atoms with Crippen LogP contribution in [0.1, 0.15) is 6.92 Å². The van der Waals surface area contributed by atoms with Crippen molar-refractivity contribution in [3.8, 4) is 0 Å². The Morgan fingerprint density at radius 2 is 1.60 bits per heavy atom. The zero-order valence-corrected chi connectivity index (χ0v) is 9.69. The number of carboxylic acids is 1. The topological polar surface area (TPSA) is 78.4 Å². The molecule has 0 aliphatic heterocycles. The van der Waals surface area contributed by atoms with Gasteiger partial charge in [0.15, 0.2) is 0 Å². The predicted octanol–water partition coefficient (Wildman–Crippen LogP) is 1.59. The van der Waals surface area contributed by atoms with Gasteiger partial charge in [-0.25, -0.2) is 18.4 Å². The van der Waals surface area contributed by atoms with Gasteiger partial charge in [0.05, 0.1) is 6.54 Å². The molecule has 0 rings (SSSR count). The number of hydrogen-bond acceptors (Lipinski definition) is 2. The highest BCUT2D eigenvalue weighted by Gasteiger charge is 2.58. The Morgan fingerprint density at radius 3 is 1.90 bits per heavy atom. The van der Waals surface area contributed by atoms with E-state index in [1.165, 1.54) is 0 Å². The van der Waals surface area contributed by atoms with Crippen LogP contribution in [0.2, 0.25) is 0 Å². The molecule has 0 aromatic heterocycles. The number of urea groups is 1. The summed E-state index contributed by atoms with van der Waals surface area (Å²) in [6.45, 7) is -1.88. The fourth-order valence-corrected chi connectivity index (χ4v) is 0.792. The SMILES string of the molecule is CC(NC(=O)NCC(F)(F)C(F)F)(C(=O)O)C(F)(F)F. The molecule has 0 fully saturated rings. The lowest BCUT2D eigenvalue weighted by Crippen LogP contribution is -2.64. The largest absolute Gasteiger partial charge is 0.479 e. The molecule has 0 aromatic carbocycles. The minimum Gasteiger partial charge on any atom is -0.479 e. The maximum atomic E-state index is 12.4. The van der Waals surface area contributed by atoms with Crippen LogP contribution < -0.4 is 10.6 Å². The van der Waals surface area contributed by atoms with Crippen LogP contribution in [0.25, 0.3) is 0 Å². The molecule has 12 heteroatoms. The molecular weight excluding hydrogens is 305 g/mol. The van der Waals surface area contributed by atoms with Gasteiger partial charge in [-0.05, 0) is 6.92 Å². The van der Waals surface area contributed by atoms with Crippen molar-refractivity contribution in [2.45, 2.75) is 31.0 Å². The van der Waals surface area contributed by atoms with E-state index in [1.807, 2.05) is 0 Å². The van der Waals surface area contributed by atoms with Crippen molar-refractivity contribution >= 4 is 12.0 Å². The third-order valence-electron chi connectivity index (χ3n) is 2.16. The number of halogens is 7. The number of alkyl halides is 7. The van der Waals surface area contributed by atoms with E-state index in [9.17, 15) is 40.3 Å². The Balaban J connectivity index is 4.79. The van der Waals surface area contributed by atoms with Crippen molar-refractivity contribution < 1.29 is 45.4 Å². The van der Waals surface area contributed by atoms with E-state index in [0.29, 0.717) is 0 Å². The molecule has 20 heavy (non-hydrogen) atoms. The molecule has 0 saturated carbocycles. The number of nitrogens with one attached hydrogen (secondary N) is 2. The minimum absolute atomic E-state index is 0.0696. The zero-order valence-electron chi connectivity index (χ0n) is 9.69. The minimum atomic E-state index is -5.43. The van der Waals surface area contributed by atoms with Gasteiger partial charge < -0.3 is 15.7 Å². The van der Waals surface area contributed by atoms with E-state index in [2.05, 4.69) is 0 Å². The Labute approximate surface area is 107 Å². The summed E-state index contributed by atoms with van der Waals surface area (Å²) in [5.41, 5.74) is -3.75. The van der Waals surface area contributed by atoms with Crippen LogP contribution in [0.15, 0.2) is 0 Å². The lowest BCUT2D eigenvalue weighted by Gasteiger charge is -2.28. The average molecular weight is 314 g/mol. The van der Waals surface area contributed by atoms with Crippen molar-refractivity contribution in [1.29, 1.82) is 0 Å². The lowest BCUT2D eigenvalue weighted by atomic mass is 10.0. The first-order valence-corrected chi connectivity index (χ1v) is 4.76.